The van der Waals surface area contributed by atoms with E-state index in [1.807, 2.05) is 43.3 Å². The summed E-state index contributed by atoms with van der Waals surface area (Å²) in [5.41, 5.74) is 3.97. The minimum absolute atomic E-state index is 0.763. The normalized spacial score (nSPS) is 15.0. The van der Waals surface area contributed by atoms with E-state index in [1.54, 1.807) is 0 Å². The summed E-state index contributed by atoms with van der Waals surface area (Å²) in [4.78, 5) is 0. The standard InChI is InChI=1S/C17H16O/c1-3-12(2)17(18)15-10-6-4-8-13(15)14-9-5-7-11-16(14)17/h4-11,18H,2-3H2,1H3. The van der Waals surface area contributed by atoms with Gasteiger partial charge < -0.3 is 5.11 Å². The molecule has 1 N–H and O–H groups in total. The van der Waals surface area contributed by atoms with Crippen LogP contribution in [0.5, 0.6) is 0 Å². The monoisotopic (exact) mass is 236 g/mol. The van der Waals surface area contributed by atoms with Gasteiger partial charge in [-0.15, -0.1) is 0 Å². The van der Waals surface area contributed by atoms with Crippen LogP contribution in [0.3, 0.4) is 0 Å². The van der Waals surface area contributed by atoms with E-state index >= 15 is 0 Å². The Bertz CT molecular complexity index is 580. The highest BCUT2D eigenvalue weighted by molar-refractivity contribution is 5.81. The fourth-order valence-electron chi connectivity index (χ4n) is 2.85. The maximum absolute atomic E-state index is 11.2. The lowest BCUT2D eigenvalue weighted by Gasteiger charge is -2.27. The Labute approximate surface area is 107 Å². The van der Waals surface area contributed by atoms with E-state index in [-0.39, 0.29) is 0 Å². The minimum Gasteiger partial charge on any atom is -0.376 e. The molecule has 0 bridgehead atoms. The Balaban J connectivity index is 2.37. The Morgan fingerprint density at radius 3 is 1.89 bits per heavy atom. The van der Waals surface area contributed by atoms with Crippen molar-refractivity contribution in [3.8, 4) is 11.1 Å². The topological polar surface area (TPSA) is 20.2 Å². The Hall–Kier alpha value is -1.86. The van der Waals surface area contributed by atoms with Gasteiger partial charge in [-0.1, -0.05) is 62.0 Å². The molecule has 0 saturated heterocycles. The molecular formula is C17H16O. The van der Waals surface area contributed by atoms with Crippen molar-refractivity contribution in [2.75, 3.05) is 0 Å². The van der Waals surface area contributed by atoms with Crippen molar-refractivity contribution in [2.45, 2.75) is 18.9 Å². The highest BCUT2D eigenvalue weighted by atomic mass is 16.3. The van der Waals surface area contributed by atoms with E-state index < -0.39 is 5.60 Å². The molecule has 0 saturated carbocycles. The molecule has 0 fully saturated rings. The van der Waals surface area contributed by atoms with E-state index in [1.165, 1.54) is 0 Å². The maximum atomic E-state index is 11.2. The van der Waals surface area contributed by atoms with Crippen molar-refractivity contribution < 1.29 is 5.11 Å². The zero-order chi connectivity index (χ0) is 12.8. The van der Waals surface area contributed by atoms with Crippen LogP contribution in [0.2, 0.25) is 0 Å². The van der Waals surface area contributed by atoms with Crippen molar-refractivity contribution in [3.63, 3.8) is 0 Å². The number of aliphatic hydroxyl groups is 1. The predicted molar refractivity (Wildman–Crippen MR) is 74.3 cm³/mol. The average Bonchev–Trinajstić information content (AvgIpc) is 2.70. The van der Waals surface area contributed by atoms with Crippen molar-refractivity contribution in [1.82, 2.24) is 0 Å². The summed E-state index contributed by atoms with van der Waals surface area (Å²) in [5, 5.41) is 11.2. The second kappa shape index (κ2) is 3.82. The van der Waals surface area contributed by atoms with Crippen LogP contribution in [-0.4, -0.2) is 5.11 Å². The van der Waals surface area contributed by atoms with Gasteiger partial charge in [0.25, 0.3) is 0 Å². The van der Waals surface area contributed by atoms with Gasteiger partial charge in [0.1, 0.15) is 5.60 Å². The van der Waals surface area contributed by atoms with Gasteiger partial charge in [0, 0.05) is 11.1 Å². The van der Waals surface area contributed by atoms with Crippen LogP contribution < -0.4 is 0 Å². The van der Waals surface area contributed by atoms with E-state index in [4.69, 9.17) is 0 Å². The van der Waals surface area contributed by atoms with Crippen molar-refractivity contribution >= 4 is 0 Å². The molecule has 1 heteroatoms. The predicted octanol–water partition coefficient (Wildman–Crippen LogP) is 3.87. The lowest BCUT2D eigenvalue weighted by atomic mass is 9.83. The molecule has 1 nitrogen and oxygen atoms in total. The van der Waals surface area contributed by atoms with Gasteiger partial charge in [-0.25, -0.2) is 0 Å². The van der Waals surface area contributed by atoms with Crippen LogP contribution in [0, 0.1) is 0 Å². The first-order valence-corrected chi connectivity index (χ1v) is 6.29. The van der Waals surface area contributed by atoms with Crippen LogP contribution in [0.4, 0.5) is 0 Å². The van der Waals surface area contributed by atoms with Crippen LogP contribution in [0.1, 0.15) is 24.5 Å². The Morgan fingerprint density at radius 1 is 1.00 bits per heavy atom. The number of rotatable bonds is 2. The number of benzene rings is 2. The molecule has 0 atom stereocenters. The highest BCUT2D eigenvalue weighted by Crippen LogP contribution is 2.50. The summed E-state index contributed by atoms with van der Waals surface area (Å²) in [7, 11) is 0. The van der Waals surface area contributed by atoms with Crippen LogP contribution in [-0.2, 0) is 5.60 Å². The molecule has 1 aliphatic rings. The lowest BCUT2D eigenvalue weighted by molar-refractivity contribution is 0.123. The van der Waals surface area contributed by atoms with E-state index in [0.717, 1.165) is 34.2 Å². The lowest BCUT2D eigenvalue weighted by Crippen LogP contribution is -2.26. The molecule has 3 rings (SSSR count). The third-order valence-electron chi connectivity index (χ3n) is 3.86. The first kappa shape index (κ1) is 11.2. The van der Waals surface area contributed by atoms with Gasteiger partial charge in [-0.3, -0.25) is 0 Å². The third kappa shape index (κ3) is 1.25. The fraction of sp³-hybridized carbons (Fsp3) is 0.176. The van der Waals surface area contributed by atoms with Crippen molar-refractivity contribution in [2.24, 2.45) is 0 Å². The second-order valence-electron chi connectivity index (χ2n) is 4.76. The first-order valence-electron chi connectivity index (χ1n) is 6.29. The van der Waals surface area contributed by atoms with Crippen LogP contribution in [0.25, 0.3) is 11.1 Å². The summed E-state index contributed by atoms with van der Waals surface area (Å²) in [5.74, 6) is 0. The summed E-state index contributed by atoms with van der Waals surface area (Å²) < 4.78 is 0. The molecule has 90 valence electrons. The molecular weight excluding hydrogens is 220 g/mol. The molecule has 0 heterocycles. The number of hydrogen-bond donors (Lipinski definition) is 1. The average molecular weight is 236 g/mol. The highest BCUT2D eigenvalue weighted by Gasteiger charge is 2.42. The Kier molecular flexibility index (Phi) is 2.39. The summed E-state index contributed by atoms with van der Waals surface area (Å²) in [6.45, 7) is 6.11. The SMILES string of the molecule is C=C(CC)C1(O)c2ccccc2-c2ccccc21. The van der Waals surface area contributed by atoms with E-state index in [0.29, 0.717) is 0 Å². The summed E-state index contributed by atoms with van der Waals surface area (Å²) >= 11 is 0. The van der Waals surface area contributed by atoms with E-state index in [2.05, 4.69) is 18.7 Å². The zero-order valence-electron chi connectivity index (χ0n) is 10.5. The molecule has 0 aromatic heterocycles. The summed E-state index contributed by atoms with van der Waals surface area (Å²) in [6.07, 6.45) is 0.763. The van der Waals surface area contributed by atoms with Gasteiger partial charge in [0.05, 0.1) is 0 Å². The molecule has 0 aliphatic heterocycles. The minimum atomic E-state index is -1.03. The molecule has 2 aromatic carbocycles. The smallest absolute Gasteiger partial charge is 0.137 e. The largest absolute Gasteiger partial charge is 0.376 e. The van der Waals surface area contributed by atoms with E-state index in [9.17, 15) is 5.11 Å². The second-order valence-corrected chi connectivity index (χ2v) is 4.76. The number of hydrogen-bond acceptors (Lipinski definition) is 1. The van der Waals surface area contributed by atoms with Gasteiger partial charge in [0.2, 0.25) is 0 Å². The first-order chi connectivity index (χ1) is 8.69. The Morgan fingerprint density at radius 2 is 1.44 bits per heavy atom. The molecule has 0 spiro atoms. The van der Waals surface area contributed by atoms with Crippen LogP contribution >= 0.6 is 0 Å². The van der Waals surface area contributed by atoms with Gasteiger partial charge in [0.15, 0.2) is 0 Å². The van der Waals surface area contributed by atoms with Gasteiger partial charge >= 0.3 is 0 Å². The maximum Gasteiger partial charge on any atom is 0.137 e. The molecule has 0 radical (unpaired) electrons. The number of fused-ring (bicyclic) bond motifs is 3. The fourth-order valence-corrected chi connectivity index (χ4v) is 2.85. The third-order valence-corrected chi connectivity index (χ3v) is 3.86. The van der Waals surface area contributed by atoms with Gasteiger partial charge in [-0.2, -0.15) is 0 Å². The molecule has 2 aromatic rings. The molecule has 0 unspecified atom stereocenters. The molecule has 18 heavy (non-hydrogen) atoms. The van der Waals surface area contributed by atoms with Crippen molar-refractivity contribution in [3.05, 3.63) is 71.8 Å². The van der Waals surface area contributed by atoms with Crippen LogP contribution in [0.15, 0.2) is 60.7 Å². The van der Waals surface area contributed by atoms with Gasteiger partial charge in [-0.05, 0) is 23.1 Å². The molecule has 0 amide bonds. The quantitative estimate of drug-likeness (QED) is 0.785. The zero-order valence-corrected chi connectivity index (χ0v) is 10.5. The molecule has 1 aliphatic carbocycles. The summed E-state index contributed by atoms with van der Waals surface area (Å²) in [6, 6.07) is 16.1. The van der Waals surface area contributed by atoms with Crippen molar-refractivity contribution in [1.29, 1.82) is 0 Å².